The third-order valence-corrected chi connectivity index (χ3v) is 2.72. The zero-order chi connectivity index (χ0) is 8.97. The van der Waals surface area contributed by atoms with Crippen molar-refractivity contribution in [1.29, 1.82) is 0 Å². The molecule has 1 heterocycles. The molecule has 0 spiro atoms. The fourth-order valence-electron chi connectivity index (χ4n) is 1.96. The number of hydrogen-bond donors (Lipinski definition) is 0. The maximum Gasteiger partial charge on any atom is 0.0620 e. The number of methoxy groups -OCH3 is 1. The van der Waals surface area contributed by atoms with E-state index in [-0.39, 0.29) is 0 Å². The van der Waals surface area contributed by atoms with Crippen LogP contribution in [-0.4, -0.2) is 37.7 Å². The molecule has 0 aliphatic carbocycles. The Kier molecular flexibility index (Phi) is 4.02. The normalized spacial score (nSPS) is 22.0. The molecule has 1 atom stereocenters. The quantitative estimate of drug-likeness (QED) is 0.639. The first-order valence-electron chi connectivity index (χ1n) is 4.98. The fraction of sp³-hybridized carbons (Fsp3) is 1.00. The smallest absolute Gasteiger partial charge is 0.0620 e. The highest BCUT2D eigenvalue weighted by Gasteiger charge is 2.23. The van der Waals surface area contributed by atoms with Gasteiger partial charge in [0.2, 0.25) is 0 Å². The predicted octanol–water partition coefficient (Wildman–Crippen LogP) is 1.75. The number of rotatable bonds is 4. The highest BCUT2D eigenvalue weighted by atomic mass is 16.5. The van der Waals surface area contributed by atoms with Gasteiger partial charge in [-0.25, -0.2) is 0 Å². The minimum absolute atomic E-state index is 0.637. The molecular weight excluding hydrogens is 150 g/mol. The third kappa shape index (κ3) is 2.46. The van der Waals surface area contributed by atoms with Crippen LogP contribution >= 0.6 is 0 Å². The maximum absolute atomic E-state index is 5.24. The van der Waals surface area contributed by atoms with Crippen LogP contribution in [0.1, 0.15) is 26.7 Å². The van der Waals surface area contributed by atoms with Crippen molar-refractivity contribution >= 4 is 0 Å². The van der Waals surface area contributed by atoms with Gasteiger partial charge in [0, 0.05) is 13.2 Å². The number of ether oxygens (including phenoxy) is 1. The fourth-order valence-corrected chi connectivity index (χ4v) is 1.96. The van der Waals surface area contributed by atoms with E-state index in [0.717, 1.165) is 6.61 Å². The highest BCUT2D eigenvalue weighted by molar-refractivity contribution is 4.78. The Labute approximate surface area is 75.9 Å². The lowest BCUT2D eigenvalue weighted by Crippen LogP contribution is -2.40. The molecule has 0 radical (unpaired) electrons. The third-order valence-electron chi connectivity index (χ3n) is 2.72. The predicted molar refractivity (Wildman–Crippen MR) is 51.3 cm³/mol. The summed E-state index contributed by atoms with van der Waals surface area (Å²) in [6.45, 7) is 7.99. The summed E-state index contributed by atoms with van der Waals surface area (Å²) in [4.78, 5) is 2.56. The molecule has 2 nitrogen and oxygen atoms in total. The lowest BCUT2D eigenvalue weighted by Gasteiger charge is -2.29. The molecule has 2 heteroatoms. The molecule has 12 heavy (non-hydrogen) atoms. The standard InChI is InChI=1S/C10H21NO/c1-9(2)10(8-12-3)11-6-4-5-7-11/h9-10H,4-8H2,1-3H3/t10-/m1/s1. The second-order valence-electron chi connectivity index (χ2n) is 4.01. The molecule has 0 aromatic carbocycles. The van der Waals surface area contributed by atoms with Crippen LogP contribution in [-0.2, 0) is 4.74 Å². The van der Waals surface area contributed by atoms with Crippen molar-refractivity contribution in [1.82, 2.24) is 4.90 Å². The maximum atomic E-state index is 5.24. The summed E-state index contributed by atoms with van der Waals surface area (Å²) in [5, 5.41) is 0. The monoisotopic (exact) mass is 171 g/mol. The molecule has 0 saturated carbocycles. The zero-order valence-corrected chi connectivity index (χ0v) is 8.55. The molecule has 1 aliphatic rings. The average Bonchev–Trinajstić information content (AvgIpc) is 2.51. The molecule has 0 aromatic rings. The van der Waals surface area contributed by atoms with Gasteiger partial charge in [0.25, 0.3) is 0 Å². The lowest BCUT2D eigenvalue weighted by molar-refractivity contribution is 0.0793. The first-order chi connectivity index (χ1) is 5.75. The Balaban J connectivity index is 2.40. The van der Waals surface area contributed by atoms with E-state index in [9.17, 15) is 0 Å². The number of likely N-dealkylation sites (tertiary alicyclic amines) is 1. The van der Waals surface area contributed by atoms with Crippen LogP contribution in [0.25, 0.3) is 0 Å². The van der Waals surface area contributed by atoms with E-state index >= 15 is 0 Å². The van der Waals surface area contributed by atoms with Gasteiger partial charge in [-0.15, -0.1) is 0 Å². The molecule has 0 amide bonds. The Hall–Kier alpha value is -0.0800. The second kappa shape index (κ2) is 4.83. The number of hydrogen-bond acceptors (Lipinski definition) is 2. The Bertz CT molecular complexity index is 119. The van der Waals surface area contributed by atoms with Crippen molar-refractivity contribution < 1.29 is 4.74 Å². The van der Waals surface area contributed by atoms with Crippen molar-refractivity contribution in [2.45, 2.75) is 32.7 Å². The van der Waals surface area contributed by atoms with Crippen LogP contribution < -0.4 is 0 Å². The second-order valence-corrected chi connectivity index (χ2v) is 4.01. The van der Waals surface area contributed by atoms with Gasteiger partial charge in [0.05, 0.1) is 6.61 Å². The van der Waals surface area contributed by atoms with Crippen LogP contribution in [0.5, 0.6) is 0 Å². The summed E-state index contributed by atoms with van der Waals surface area (Å²) in [6.07, 6.45) is 2.74. The van der Waals surface area contributed by atoms with Crippen molar-refractivity contribution in [3.8, 4) is 0 Å². The summed E-state index contributed by atoms with van der Waals surface area (Å²) in [5.74, 6) is 0.711. The Morgan fingerprint density at radius 1 is 1.25 bits per heavy atom. The van der Waals surface area contributed by atoms with Gasteiger partial charge in [-0.05, 0) is 31.8 Å². The molecule has 0 bridgehead atoms. The molecule has 1 rings (SSSR count). The first kappa shape index (κ1) is 10.0. The van der Waals surface area contributed by atoms with Crippen molar-refractivity contribution in [2.24, 2.45) is 5.92 Å². The van der Waals surface area contributed by atoms with E-state index in [2.05, 4.69) is 18.7 Å². The topological polar surface area (TPSA) is 12.5 Å². The lowest BCUT2D eigenvalue weighted by atomic mass is 10.0. The summed E-state index contributed by atoms with van der Waals surface area (Å²) >= 11 is 0. The van der Waals surface area contributed by atoms with Crippen LogP contribution in [0.2, 0.25) is 0 Å². The van der Waals surface area contributed by atoms with Crippen LogP contribution in [0.4, 0.5) is 0 Å². The summed E-state index contributed by atoms with van der Waals surface area (Å²) in [5.41, 5.74) is 0. The van der Waals surface area contributed by atoms with Gasteiger partial charge >= 0.3 is 0 Å². The summed E-state index contributed by atoms with van der Waals surface area (Å²) < 4.78 is 5.24. The van der Waals surface area contributed by atoms with Gasteiger partial charge in [-0.2, -0.15) is 0 Å². The molecule has 1 fully saturated rings. The minimum atomic E-state index is 0.637. The summed E-state index contributed by atoms with van der Waals surface area (Å²) in [6, 6.07) is 0.637. The van der Waals surface area contributed by atoms with Gasteiger partial charge in [-0.3, -0.25) is 4.90 Å². The average molecular weight is 171 g/mol. The SMILES string of the molecule is COC[C@H](C(C)C)N1CCCC1. The van der Waals surface area contributed by atoms with E-state index in [1.54, 1.807) is 7.11 Å². The van der Waals surface area contributed by atoms with Crippen LogP contribution in [0.15, 0.2) is 0 Å². The van der Waals surface area contributed by atoms with E-state index < -0.39 is 0 Å². The van der Waals surface area contributed by atoms with Crippen molar-refractivity contribution in [3.63, 3.8) is 0 Å². The number of nitrogens with zero attached hydrogens (tertiary/aromatic N) is 1. The highest BCUT2D eigenvalue weighted by Crippen LogP contribution is 2.17. The van der Waals surface area contributed by atoms with Crippen LogP contribution in [0, 0.1) is 5.92 Å². The van der Waals surface area contributed by atoms with Gasteiger partial charge in [-0.1, -0.05) is 13.8 Å². The summed E-state index contributed by atoms with van der Waals surface area (Å²) in [7, 11) is 1.80. The van der Waals surface area contributed by atoms with Crippen LogP contribution in [0.3, 0.4) is 0 Å². The Morgan fingerprint density at radius 2 is 1.83 bits per heavy atom. The molecule has 0 unspecified atom stereocenters. The van der Waals surface area contributed by atoms with Gasteiger partial charge < -0.3 is 4.74 Å². The van der Waals surface area contributed by atoms with E-state index in [1.807, 2.05) is 0 Å². The minimum Gasteiger partial charge on any atom is -0.383 e. The van der Waals surface area contributed by atoms with E-state index in [0.29, 0.717) is 12.0 Å². The molecular formula is C10H21NO. The molecule has 72 valence electrons. The largest absolute Gasteiger partial charge is 0.383 e. The molecule has 0 aromatic heterocycles. The molecule has 1 aliphatic heterocycles. The van der Waals surface area contributed by atoms with E-state index in [1.165, 1.54) is 25.9 Å². The van der Waals surface area contributed by atoms with E-state index in [4.69, 9.17) is 4.74 Å². The molecule has 0 N–H and O–H groups in total. The molecule has 1 saturated heterocycles. The first-order valence-corrected chi connectivity index (χ1v) is 4.98. The van der Waals surface area contributed by atoms with Crippen molar-refractivity contribution in [3.05, 3.63) is 0 Å². The Morgan fingerprint density at radius 3 is 2.25 bits per heavy atom. The van der Waals surface area contributed by atoms with Gasteiger partial charge in [0.1, 0.15) is 0 Å². The zero-order valence-electron chi connectivity index (χ0n) is 8.55. The van der Waals surface area contributed by atoms with Gasteiger partial charge in [0.15, 0.2) is 0 Å². The van der Waals surface area contributed by atoms with Crippen molar-refractivity contribution in [2.75, 3.05) is 26.8 Å².